The Labute approximate surface area is 168 Å². The number of ether oxygens (including phenoxy) is 2. The van der Waals surface area contributed by atoms with Gasteiger partial charge in [-0.25, -0.2) is 9.59 Å². The molecule has 2 aromatic rings. The predicted molar refractivity (Wildman–Crippen MR) is 107 cm³/mol. The molecule has 0 aliphatic carbocycles. The molecule has 1 aliphatic heterocycles. The number of rotatable bonds is 4. The van der Waals surface area contributed by atoms with Gasteiger partial charge in [0.05, 0.1) is 13.0 Å². The van der Waals surface area contributed by atoms with Crippen LogP contribution in [0, 0.1) is 0 Å². The highest BCUT2D eigenvalue weighted by molar-refractivity contribution is 6.30. The van der Waals surface area contributed by atoms with Crippen LogP contribution in [0.5, 0.6) is 0 Å². The van der Waals surface area contributed by atoms with E-state index in [1.165, 1.54) is 7.11 Å². The maximum atomic E-state index is 12.5. The molecule has 1 atom stereocenters. The molecular formula is C21H21ClN2O4. The number of halogens is 1. The predicted octanol–water partition coefficient (Wildman–Crippen LogP) is 4.44. The molecule has 0 unspecified atom stereocenters. The number of carbonyl (C=O) groups is 2. The lowest BCUT2D eigenvalue weighted by Gasteiger charge is -2.28. The molecule has 146 valence electrons. The zero-order valence-electron chi connectivity index (χ0n) is 15.8. The highest BCUT2D eigenvalue weighted by atomic mass is 35.5. The van der Waals surface area contributed by atoms with E-state index in [2.05, 4.69) is 10.6 Å². The summed E-state index contributed by atoms with van der Waals surface area (Å²) in [6.07, 6.45) is 0. The summed E-state index contributed by atoms with van der Waals surface area (Å²) >= 11 is 5.99. The molecule has 0 aromatic heterocycles. The summed E-state index contributed by atoms with van der Waals surface area (Å²) < 4.78 is 10.9. The maximum Gasteiger partial charge on any atom is 0.339 e. The van der Waals surface area contributed by atoms with Gasteiger partial charge < -0.3 is 14.8 Å². The summed E-state index contributed by atoms with van der Waals surface area (Å²) in [6.45, 7) is 3.69. The summed E-state index contributed by atoms with van der Waals surface area (Å²) in [5, 5.41) is 5.93. The van der Waals surface area contributed by atoms with E-state index in [0.717, 1.165) is 5.56 Å². The Balaban J connectivity index is 1.93. The summed E-state index contributed by atoms with van der Waals surface area (Å²) in [6, 6.07) is 15.6. The molecule has 1 heterocycles. The van der Waals surface area contributed by atoms with Gasteiger partial charge in [-0.15, -0.1) is 0 Å². The SMILES string of the molecule is COC(=O)C1=C(NC(=O)Nc2ccccc2)OC(C)(C)[C@H]1c1ccc(Cl)cc1. The van der Waals surface area contributed by atoms with Gasteiger partial charge in [-0.3, -0.25) is 5.32 Å². The molecule has 0 saturated heterocycles. The van der Waals surface area contributed by atoms with Gasteiger partial charge in [0.15, 0.2) is 0 Å². The Morgan fingerprint density at radius 1 is 1.04 bits per heavy atom. The van der Waals surface area contributed by atoms with Gasteiger partial charge in [-0.1, -0.05) is 41.9 Å². The van der Waals surface area contributed by atoms with Crippen molar-refractivity contribution in [1.82, 2.24) is 5.32 Å². The Hall–Kier alpha value is -2.99. The highest BCUT2D eigenvalue weighted by Crippen LogP contribution is 2.45. The highest BCUT2D eigenvalue weighted by Gasteiger charge is 2.48. The Kier molecular flexibility index (Phi) is 5.61. The minimum Gasteiger partial charge on any atom is -0.471 e. The lowest BCUT2D eigenvalue weighted by atomic mass is 9.81. The van der Waals surface area contributed by atoms with Crippen molar-refractivity contribution in [3.05, 3.63) is 76.6 Å². The van der Waals surface area contributed by atoms with Crippen molar-refractivity contribution in [2.24, 2.45) is 0 Å². The van der Waals surface area contributed by atoms with Crippen LogP contribution in [0.25, 0.3) is 0 Å². The largest absolute Gasteiger partial charge is 0.471 e. The van der Waals surface area contributed by atoms with E-state index in [4.69, 9.17) is 21.1 Å². The average Bonchev–Trinajstić information content (AvgIpc) is 2.92. The van der Waals surface area contributed by atoms with Crippen molar-refractivity contribution in [2.45, 2.75) is 25.4 Å². The molecule has 2 aromatic carbocycles. The van der Waals surface area contributed by atoms with Gasteiger partial charge in [-0.2, -0.15) is 0 Å². The maximum absolute atomic E-state index is 12.5. The standard InChI is InChI=1S/C21H21ClN2O4/c1-21(2)17(13-9-11-14(22)12-10-13)16(19(25)27-3)18(28-21)24-20(26)23-15-7-5-4-6-8-15/h4-12,17H,1-3H3,(H2,23,24,26)/t17-/m0/s1. The first kappa shape index (κ1) is 19.8. The number of hydrogen-bond acceptors (Lipinski definition) is 4. The first-order valence-corrected chi connectivity index (χ1v) is 9.09. The molecule has 0 bridgehead atoms. The number of nitrogens with one attached hydrogen (secondary N) is 2. The zero-order chi connectivity index (χ0) is 20.3. The van der Waals surface area contributed by atoms with Crippen LogP contribution in [-0.4, -0.2) is 24.7 Å². The number of para-hydroxylation sites is 1. The third kappa shape index (κ3) is 4.12. The number of anilines is 1. The topological polar surface area (TPSA) is 76.7 Å². The van der Waals surface area contributed by atoms with E-state index in [0.29, 0.717) is 10.7 Å². The molecule has 2 amide bonds. The summed E-state index contributed by atoms with van der Waals surface area (Å²) in [4.78, 5) is 25.0. The summed E-state index contributed by atoms with van der Waals surface area (Å²) in [7, 11) is 1.29. The van der Waals surface area contributed by atoms with Crippen LogP contribution >= 0.6 is 11.6 Å². The quantitative estimate of drug-likeness (QED) is 0.744. The lowest BCUT2D eigenvalue weighted by molar-refractivity contribution is -0.136. The van der Waals surface area contributed by atoms with Gasteiger partial charge in [0, 0.05) is 10.7 Å². The van der Waals surface area contributed by atoms with Crippen molar-refractivity contribution in [3.63, 3.8) is 0 Å². The van der Waals surface area contributed by atoms with Crippen molar-refractivity contribution in [3.8, 4) is 0 Å². The Morgan fingerprint density at radius 3 is 2.29 bits per heavy atom. The first-order chi connectivity index (χ1) is 13.3. The van der Waals surface area contributed by atoms with Crippen LogP contribution in [0.3, 0.4) is 0 Å². The van der Waals surface area contributed by atoms with Gasteiger partial charge >= 0.3 is 12.0 Å². The van der Waals surface area contributed by atoms with Crippen molar-refractivity contribution >= 4 is 29.3 Å². The normalized spacial score (nSPS) is 17.6. The molecule has 0 spiro atoms. The minimum absolute atomic E-state index is 0.0743. The van der Waals surface area contributed by atoms with E-state index in [1.807, 2.05) is 32.0 Å². The molecular weight excluding hydrogens is 380 g/mol. The fourth-order valence-corrected chi connectivity index (χ4v) is 3.41. The number of benzene rings is 2. The van der Waals surface area contributed by atoms with Crippen LogP contribution in [0.1, 0.15) is 25.3 Å². The summed E-state index contributed by atoms with van der Waals surface area (Å²) in [5.41, 5.74) is 0.909. The molecule has 1 aliphatic rings. The average molecular weight is 401 g/mol. The third-order valence-corrected chi connectivity index (χ3v) is 4.71. The van der Waals surface area contributed by atoms with Crippen LogP contribution in [0.15, 0.2) is 66.1 Å². The van der Waals surface area contributed by atoms with E-state index in [1.54, 1.807) is 36.4 Å². The number of amides is 2. The van der Waals surface area contributed by atoms with Crippen LogP contribution in [-0.2, 0) is 14.3 Å². The number of methoxy groups -OCH3 is 1. The molecule has 28 heavy (non-hydrogen) atoms. The molecule has 7 heteroatoms. The van der Waals surface area contributed by atoms with Crippen LogP contribution in [0.4, 0.5) is 10.5 Å². The fraction of sp³-hybridized carbons (Fsp3) is 0.238. The van der Waals surface area contributed by atoms with E-state index >= 15 is 0 Å². The molecule has 0 radical (unpaired) electrons. The van der Waals surface area contributed by atoms with E-state index in [9.17, 15) is 9.59 Å². The molecule has 0 fully saturated rings. The molecule has 0 saturated carbocycles. The molecule has 6 nitrogen and oxygen atoms in total. The van der Waals surface area contributed by atoms with Gasteiger partial charge in [0.1, 0.15) is 11.2 Å². The van der Waals surface area contributed by atoms with E-state index in [-0.39, 0.29) is 11.5 Å². The van der Waals surface area contributed by atoms with Crippen LogP contribution < -0.4 is 10.6 Å². The third-order valence-electron chi connectivity index (χ3n) is 4.46. The van der Waals surface area contributed by atoms with Crippen LogP contribution in [0.2, 0.25) is 5.02 Å². The van der Waals surface area contributed by atoms with Gasteiger partial charge in [0.25, 0.3) is 0 Å². The second kappa shape index (κ2) is 7.94. The number of hydrogen-bond donors (Lipinski definition) is 2. The Morgan fingerprint density at radius 2 is 1.68 bits per heavy atom. The number of esters is 1. The van der Waals surface area contributed by atoms with Crippen molar-refractivity contribution in [1.29, 1.82) is 0 Å². The second-order valence-corrected chi connectivity index (χ2v) is 7.31. The zero-order valence-corrected chi connectivity index (χ0v) is 16.5. The second-order valence-electron chi connectivity index (χ2n) is 6.87. The van der Waals surface area contributed by atoms with Crippen molar-refractivity contribution < 1.29 is 19.1 Å². The van der Waals surface area contributed by atoms with Gasteiger partial charge in [0.2, 0.25) is 5.88 Å². The first-order valence-electron chi connectivity index (χ1n) is 8.72. The smallest absolute Gasteiger partial charge is 0.339 e. The molecule has 3 rings (SSSR count). The Bertz CT molecular complexity index is 908. The van der Waals surface area contributed by atoms with Gasteiger partial charge in [-0.05, 0) is 43.7 Å². The number of carbonyl (C=O) groups excluding carboxylic acids is 2. The van der Waals surface area contributed by atoms with Crippen molar-refractivity contribution in [2.75, 3.05) is 12.4 Å². The van der Waals surface area contributed by atoms with E-state index < -0.39 is 23.5 Å². The number of urea groups is 1. The minimum atomic E-state index is -0.785. The monoisotopic (exact) mass is 400 g/mol. The fourth-order valence-electron chi connectivity index (χ4n) is 3.28. The molecule has 2 N–H and O–H groups in total. The summed E-state index contributed by atoms with van der Waals surface area (Å²) in [5.74, 6) is -0.935. The lowest BCUT2D eigenvalue weighted by Crippen LogP contribution is -2.32.